The Morgan fingerprint density at radius 3 is 2.36 bits per heavy atom. The third kappa shape index (κ3) is 6.57. The molecule has 7 nitrogen and oxygen atoms in total. The Hall–Kier alpha value is -1.97. The number of aromatic nitrogens is 2. The smallest absolute Gasteiger partial charge is 0.191 e. The van der Waals surface area contributed by atoms with Gasteiger partial charge >= 0.3 is 0 Å². The maximum atomic E-state index is 5.73. The lowest BCUT2D eigenvalue weighted by atomic mass is 10.1. The van der Waals surface area contributed by atoms with Gasteiger partial charge in [-0.3, -0.25) is 9.67 Å². The molecule has 0 aliphatic rings. The number of nitrogens with zero attached hydrogens (tertiary/aromatic N) is 3. The van der Waals surface area contributed by atoms with Gasteiger partial charge in [0.15, 0.2) is 5.96 Å². The lowest BCUT2D eigenvalue weighted by Crippen LogP contribution is -2.39. The van der Waals surface area contributed by atoms with E-state index >= 15 is 0 Å². The zero-order chi connectivity index (χ0) is 19.6. The molecule has 0 saturated carbocycles. The average Bonchev–Trinajstić information content (AvgIpc) is 3.02. The second kappa shape index (κ2) is 12.5. The van der Waals surface area contributed by atoms with E-state index in [9.17, 15) is 0 Å². The second-order valence-electron chi connectivity index (χ2n) is 6.08. The van der Waals surface area contributed by atoms with E-state index in [1.807, 2.05) is 36.0 Å². The Balaban J connectivity index is 0.00000392. The van der Waals surface area contributed by atoms with Crippen molar-refractivity contribution in [2.24, 2.45) is 12.0 Å². The molecule has 2 aromatic rings. The van der Waals surface area contributed by atoms with Crippen molar-refractivity contribution >= 4 is 29.9 Å². The van der Waals surface area contributed by atoms with E-state index in [0.29, 0.717) is 19.7 Å². The lowest BCUT2D eigenvalue weighted by Gasteiger charge is -2.13. The molecule has 0 aliphatic heterocycles. The fourth-order valence-corrected chi connectivity index (χ4v) is 3.00. The number of hydrogen-bond donors (Lipinski definition) is 2. The summed E-state index contributed by atoms with van der Waals surface area (Å²) in [7, 11) is 5.42. The standard InChI is InChI=1S/C20H31N5O2.HI/c1-6-18-17(19(7-2)25(4)24-18)14-23-20(21-3)22-12-13-27-16-10-8-15(26-5)9-11-16;/h8-11H,6-7,12-14H2,1-5H3,(H2,21,22,23);1H. The maximum absolute atomic E-state index is 5.73. The summed E-state index contributed by atoms with van der Waals surface area (Å²) in [5, 5.41) is 11.3. The summed E-state index contributed by atoms with van der Waals surface area (Å²) in [6.45, 7) is 6.19. The van der Waals surface area contributed by atoms with Gasteiger partial charge in [-0.1, -0.05) is 13.8 Å². The van der Waals surface area contributed by atoms with E-state index < -0.39 is 0 Å². The van der Waals surface area contributed by atoms with Crippen LogP contribution in [0.25, 0.3) is 0 Å². The minimum Gasteiger partial charge on any atom is -0.497 e. The molecule has 0 amide bonds. The Morgan fingerprint density at radius 1 is 1.11 bits per heavy atom. The van der Waals surface area contributed by atoms with E-state index in [1.165, 1.54) is 11.3 Å². The van der Waals surface area contributed by atoms with Crippen LogP contribution in [0, 0.1) is 0 Å². The largest absolute Gasteiger partial charge is 0.497 e. The Kier molecular flexibility index (Phi) is 10.7. The fraction of sp³-hybridized carbons (Fsp3) is 0.500. The minimum absolute atomic E-state index is 0. The number of halogens is 1. The first-order chi connectivity index (χ1) is 13.1. The summed E-state index contributed by atoms with van der Waals surface area (Å²) in [4.78, 5) is 4.28. The van der Waals surface area contributed by atoms with E-state index in [4.69, 9.17) is 9.47 Å². The van der Waals surface area contributed by atoms with Crippen LogP contribution in [0.4, 0.5) is 0 Å². The van der Waals surface area contributed by atoms with Crippen LogP contribution in [0.2, 0.25) is 0 Å². The highest BCUT2D eigenvalue weighted by Gasteiger charge is 2.13. The van der Waals surface area contributed by atoms with Gasteiger partial charge in [-0.25, -0.2) is 0 Å². The fourth-order valence-electron chi connectivity index (χ4n) is 3.00. The predicted octanol–water partition coefficient (Wildman–Crippen LogP) is 2.92. The molecule has 2 rings (SSSR count). The summed E-state index contributed by atoms with van der Waals surface area (Å²) in [5.41, 5.74) is 3.66. The first kappa shape index (κ1) is 24.1. The summed E-state index contributed by atoms with van der Waals surface area (Å²) < 4.78 is 12.8. The van der Waals surface area contributed by atoms with E-state index in [0.717, 1.165) is 36.0 Å². The zero-order valence-electron chi connectivity index (χ0n) is 17.4. The summed E-state index contributed by atoms with van der Waals surface area (Å²) in [5.74, 6) is 2.38. The van der Waals surface area contributed by atoms with Gasteiger partial charge in [0.25, 0.3) is 0 Å². The van der Waals surface area contributed by atoms with Crippen LogP contribution in [0.15, 0.2) is 29.3 Å². The molecule has 0 fully saturated rings. The first-order valence-electron chi connectivity index (χ1n) is 9.37. The van der Waals surface area contributed by atoms with Gasteiger partial charge in [0, 0.05) is 31.9 Å². The molecule has 0 bridgehead atoms. The van der Waals surface area contributed by atoms with Crippen LogP contribution in [0.1, 0.15) is 30.8 Å². The van der Waals surface area contributed by atoms with Gasteiger partial charge in [0.1, 0.15) is 18.1 Å². The van der Waals surface area contributed by atoms with Crippen LogP contribution in [0.3, 0.4) is 0 Å². The Bertz CT molecular complexity index is 744. The molecule has 0 radical (unpaired) electrons. The van der Waals surface area contributed by atoms with Gasteiger partial charge in [-0.15, -0.1) is 24.0 Å². The number of benzene rings is 1. The Morgan fingerprint density at radius 2 is 1.79 bits per heavy atom. The van der Waals surface area contributed by atoms with Crippen molar-refractivity contribution in [1.82, 2.24) is 20.4 Å². The molecule has 2 N–H and O–H groups in total. The van der Waals surface area contributed by atoms with E-state index in [1.54, 1.807) is 14.2 Å². The van der Waals surface area contributed by atoms with Gasteiger partial charge in [0.2, 0.25) is 0 Å². The van der Waals surface area contributed by atoms with Crippen molar-refractivity contribution in [1.29, 1.82) is 0 Å². The van der Waals surface area contributed by atoms with Crippen LogP contribution in [0.5, 0.6) is 11.5 Å². The number of aliphatic imine (C=N–C) groups is 1. The second-order valence-corrected chi connectivity index (χ2v) is 6.08. The number of methoxy groups -OCH3 is 1. The zero-order valence-corrected chi connectivity index (χ0v) is 19.7. The molecule has 0 aliphatic carbocycles. The molecule has 0 unspecified atom stereocenters. The van der Waals surface area contributed by atoms with Crippen molar-refractivity contribution in [3.8, 4) is 11.5 Å². The lowest BCUT2D eigenvalue weighted by molar-refractivity contribution is 0.321. The monoisotopic (exact) mass is 501 g/mol. The molecule has 0 atom stereocenters. The minimum atomic E-state index is 0. The topological polar surface area (TPSA) is 72.7 Å². The van der Waals surface area contributed by atoms with Crippen LogP contribution >= 0.6 is 24.0 Å². The Labute approximate surface area is 184 Å². The van der Waals surface area contributed by atoms with Crippen molar-refractivity contribution in [2.45, 2.75) is 33.2 Å². The molecule has 1 heterocycles. The number of ether oxygens (including phenoxy) is 2. The van der Waals surface area contributed by atoms with Crippen LogP contribution in [-0.2, 0) is 26.4 Å². The van der Waals surface area contributed by atoms with Crippen molar-refractivity contribution < 1.29 is 9.47 Å². The first-order valence-corrected chi connectivity index (χ1v) is 9.37. The number of hydrogen-bond acceptors (Lipinski definition) is 4. The van der Waals surface area contributed by atoms with Crippen LogP contribution < -0.4 is 20.1 Å². The van der Waals surface area contributed by atoms with Gasteiger partial charge in [-0.2, -0.15) is 5.10 Å². The van der Waals surface area contributed by atoms with E-state index in [-0.39, 0.29) is 24.0 Å². The molecule has 28 heavy (non-hydrogen) atoms. The third-order valence-corrected chi connectivity index (χ3v) is 4.41. The normalized spacial score (nSPS) is 11.0. The summed E-state index contributed by atoms with van der Waals surface area (Å²) in [6.07, 6.45) is 1.88. The van der Waals surface area contributed by atoms with Crippen molar-refractivity contribution in [3.05, 3.63) is 41.2 Å². The van der Waals surface area contributed by atoms with E-state index in [2.05, 4.69) is 34.6 Å². The summed E-state index contributed by atoms with van der Waals surface area (Å²) in [6, 6.07) is 7.56. The molecular formula is C20H32IN5O2. The number of guanidine groups is 1. The maximum Gasteiger partial charge on any atom is 0.191 e. The molecule has 0 saturated heterocycles. The van der Waals surface area contributed by atoms with Gasteiger partial charge in [-0.05, 0) is 37.1 Å². The molecule has 1 aromatic heterocycles. The van der Waals surface area contributed by atoms with Gasteiger partial charge in [0.05, 0.1) is 19.3 Å². The third-order valence-electron chi connectivity index (χ3n) is 4.41. The molecular weight excluding hydrogens is 469 g/mol. The highest BCUT2D eigenvalue weighted by Crippen LogP contribution is 2.17. The number of aryl methyl sites for hydroxylation is 2. The van der Waals surface area contributed by atoms with Crippen molar-refractivity contribution in [3.63, 3.8) is 0 Å². The SMILES string of the molecule is CCc1nn(C)c(CC)c1CNC(=NC)NCCOc1ccc(OC)cc1.I. The molecule has 0 spiro atoms. The number of nitrogens with one attached hydrogen (secondary N) is 2. The highest BCUT2D eigenvalue weighted by molar-refractivity contribution is 14.0. The average molecular weight is 501 g/mol. The highest BCUT2D eigenvalue weighted by atomic mass is 127. The molecule has 156 valence electrons. The predicted molar refractivity (Wildman–Crippen MR) is 124 cm³/mol. The quantitative estimate of drug-likeness (QED) is 0.239. The molecule has 1 aromatic carbocycles. The number of rotatable bonds is 9. The summed E-state index contributed by atoms with van der Waals surface area (Å²) >= 11 is 0. The van der Waals surface area contributed by atoms with Crippen molar-refractivity contribution in [2.75, 3.05) is 27.3 Å². The molecule has 8 heteroatoms. The van der Waals surface area contributed by atoms with Gasteiger partial charge < -0.3 is 20.1 Å². The van der Waals surface area contributed by atoms with Crippen LogP contribution in [-0.4, -0.2) is 43.0 Å².